The van der Waals surface area contributed by atoms with Gasteiger partial charge in [-0.25, -0.2) is 0 Å². The number of rotatable bonds is 4. The molecule has 3 aromatic rings. The Morgan fingerprint density at radius 1 is 1.00 bits per heavy atom. The Labute approximate surface area is 178 Å². The maximum absolute atomic E-state index is 13.1. The normalized spacial score (nSPS) is 15.5. The van der Waals surface area contributed by atoms with Gasteiger partial charge in [-0.05, 0) is 80.2 Å². The number of hydrogen-bond acceptors (Lipinski definition) is 5. The summed E-state index contributed by atoms with van der Waals surface area (Å²) < 4.78 is 11.4. The average Bonchev–Trinajstić information content (AvgIpc) is 3.04. The minimum Gasteiger partial charge on any atom is -0.462 e. The molecular formula is C23H18N2O4S. The van der Waals surface area contributed by atoms with Crippen molar-refractivity contribution in [2.45, 2.75) is 13.8 Å². The van der Waals surface area contributed by atoms with Crippen molar-refractivity contribution >= 4 is 40.9 Å². The van der Waals surface area contributed by atoms with E-state index in [0.29, 0.717) is 22.9 Å². The molecule has 2 heterocycles. The molecule has 4 rings (SSSR count). The van der Waals surface area contributed by atoms with Crippen LogP contribution in [-0.2, 0) is 9.59 Å². The summed E-state index contributed by atoms with van der Waals surface area (Å²) in [6.45, 7) is 3.71. The van der Waals surface area contributed by atoms with Gasteiger partial charge in [-0.2, -0.15) is 0 Å². The highest BCUT2D eigenvalue weighted by Crippen LogP contribution is 2.27. The van der Waals surface area contributed by atoms with Crippen molar-refractivity contribution in [2.24, 2.45) is 0 Å². The fraction of sp³-hybridized carbons (Fsp3) is 0.0870. The molecule has 6 nitrogen and oxygen atoms in total. The van der Waals surface area contributed by atoms with Gasteiger partial charge in [-0.1, -0.05) is 18.2 Å². The minimum absolute atomic E-state index is 0.0192. The van der Waals surface area contributed by atoms with E-state index in [1.54, 1.807) is 30.3 Å². The summed E-state index contributed by atoms with van der Waals surface area (Å²) in [5, 5.41) is 2.58. The first kappa shape index (κ1) is 19.6. The zero-order valence-electron chi connectivity index (χ0n) is 16.3. The number of thiocarbonyl (C=S) groups is 1. The quantitative estimate of drug-likeness (QED) is 0.383. The number of aryl methyl sites for hydroxylation is 2. The van der Waals surface area contributed by atoms with Gasteiger partial charge in [-0.15, -0.1) is 0 Å². The van der Waals surface area contributed by atoms with Gasteiger partial charge >= 0.3 is 0 Å². The Bertz CT molecular complexity index is 1140. The van der Waals surface area contributed by atoms with E-state index in [-0.39, 0.29) is 10.7 Å². The van der Waals surface area contributed by atoms with Crippen LogP contribution < -0.4 is 15.0 Å². The highest BCUT2D eigenvalue weighted by atomic mass is 32.1. The third-order valence-electron chi connectivity index (χ3n) is 4.65. The fourth-order valence-electron chi connectivity index (χ4n) is 2.99. The van der Waals surface area contributed by atoms with Gasteiger partial charge in [0.1, 0.15) is 28.6 Å². The highest BCUT2D eigenvalue weighted by molar-refractivity contribution is 7.80. The molecule has 0 spiro atoms. The lowest BCUT2D eigenvalue weighted by Gasteiger charge is -2.28. The lowest BCUT2D eigenvalue weighted by atomic mass is 10.1. The molecule has 0 bridgehead atoms. The van der Waals surface area contributed by atoms with Gasteiger partial charge in [0.25, 0.3) is 11.8 Å². The van der Waals surface area contributed by atoms with Gasteiger partial charge in [0.05, 0.1) is 5.69 Å². The molecule has 0 radical (unpaired) electrons. The second-order valence-corrected chi connectivity index (χ2v) is 7.14. The molecule has 0 saturated carbocycles. The van der Waals surface area contributed by atoms with Crippen LogP contribution in [0.2, 0.25) is 0 Å². The van der Waals surface area contributed by atoms with Crippen molar-refractivity contribution < 1.29 is 18.7 Å². The van der Waals surface area contributed by atoms with E-state index in [9.17, 15) is 9.59 Å². The largest absolute Gasteiger partial charge is 0.462 e. The maximum Gasteiger partial charge on any atom is 0.270 e. The molecule has 0 aliphatic carbocycles. The summed E-state index contributed by atoms with van der Waals surface area (Å²) in [5.74, 6) is 1.40. The van der Waals surface area contributed by atoms with Gasteiger partial charge in [0.15, 0.2) is 5.11 Å². The number of carbonyl (C=O) groups excluding carboxylic acids is 2. The number of furan rings is 1. The predicted octanol–water partition coefficient (Wildman–Crippen LogP) is 4.52. The maximum atomic E-state index is 13.1. The van der Waals surface area contributed by atoms with E-state index in [4.69, 9.17) is 21.4 Å². The summed E-state index contributed by atoms with van der Waals surface area (Å²) in [4.78, 5) is 26.7. The molecule has 2 amide bonds. The number of anilines is 1. The van der Waals surface area contributed by atoms with Gasteiger partial charge in [0.2, 0.25) is 0 Å². The molecular weight excluding hydrogens is 400 g/mol. The number of hydrogen-bond donors (Lipinski definition) is 1. The molecule has 1 aliphatic rings. The molecule has 1 saturated heterocycles. The summed E-state index contributed by atoms with van der Waals surface area (Å²) in [6, 6.07) is 18.0. The average molecular weight is 418 g/mol. The van der Waals surface area contributed by atoms with Crippen LogP contribution >= 0.6 is 12.2 Å². The molecule has 2 aromatic carbocycles. The van der Waals surface area contributed by atoms with Crippen LogP contribution in [0.4, 0.5) is 5.69 Å². The van der Waals surface area contributed by atoms with Crippen molar-refractivity contribution in [3.63, 3.8) is 0 Å². The van der Waals surface area contributed by atoms with Crippen LogP contribution in [-0.4, -0.2) is 16.9 Å². The summed E-state index contributed by atoms with van der Waals surface area (Å²) in [6.07, 6.45) is 1.43. The first-order valence-corrected chi connectivity index (χ1v) is 9.64. The van der Waals surface area contributed by atoms with E-state index in [1.165, 1.54) is 11.0 Å². The van der Waals surface area contributed by atoms with Gasteiger partial charge < -0.3 is 9.15 Å². The molecule has 30 heavy (non-hydrogen) atoms. The van der Waals surface area contributed by atoms with Crippen molar-refractivity contribution in [1.82, 2.24) is 5.32 Å². The predicted molar refractivity (Wildman–Crippen MR) is 117 cm³/mol. The zero-order valence-corrected chi connectivity index (χ0v) is 17.2. The third kappa shape index (κ3) is 3.88. The van der Waals surface area contributed by atoms with Crippen LogP contribution in [0.15, 0.2) is 70.7 Å². The molecule has 1 fully saturated rings. The number of nitrogens with one attached hydrogen (secondary N) is 1. The molecule has 0 atom stereocenters. The van der Waals surface area contributed by atoms with E-state index in [2.05, 4.69) is 5.32 Å². The van der Waals surface area contributed by atoms with E-state index >= 15 is 0 Å². The summed E-state index contributed by atoms with van der Waals surface area (Å²) in [7, 11) is 0. The Balaban J connectivity index is 1.60. The smallest absolute Gasteiger partial charge is 0.270 e. The Morgan fingerprint density at radius 3 is 2.30 bits per heavy atom. The first-order valence-electron chi connectivity index (χ1n) is 9.24. The number of carbonyl (C=O) groups is 2. The topological polar surface area (TPSA) is 71.8 Å². The number of nitrogens with zero attached hydrogens (tertiary/aromatic N) is 1. The third-order valence-corrected chi connectivity index (χ3v) is 4.93. The number of benzene rings is 2. The molecule has 150 valence electrons. The monoisotopic (exact) mass is 418 g/mol. The second kappa shape index (κ2) is 7.96. The molecule has 7 heteroatoms. The van der Waals surface area contributed by atoms with E-state index in [1.807, 2.05) is 44.2 Å². The number of para-hydroxylation sites is 1. The van der Waals surface area contributed by atoms with E-state index < -0.39 is 11.8 Å². The lowest BCUT2D eigenvalue weighted by Crippen LogP contribution is -2.54. The minimum atomic E-state index is -0.558. The van der Waals surface area contributed by atoms with Gasteiger partial charge in [0, 0.05) is 0 Å². The summed E-state index contributed by atoms with van der Waals surface area (Å²) >= 11 is 5.23. The van der Waals surface area contributed by atoms with Crippen LogP contribution in [0.25, 0.3) is 6.08 Å². The second-order valence-electron chi connectivity index (χ2n) is 6.75. The molecule has 0 unspecified atom stereocenters. The number of ether oxygens (including phenoxy) is 1. The lowest BCUT2D eigenvalue weighted by molar-refractivity contribution is -0.122. The molecule has 1 N–H and O–H groups in total. The standard InChI is InChI=1S/C23H18N2O4S/c1-14-12-19(28-15(14)2)13-20-21(26)24-23(30)25(22(20)27)16-8-10-18(11-9-16)29-17-6-4-3-5-7-17/h3-13H,1-2H3,(H,24,26,30). The van der Waals surface area contributed by atoms with Crippen molar-refractivity contribution in [1.29, 1.82) is 0 Å². The van der Waals surface area contributed by atoms with Crippen LogP contribution in [0.1, 0.15) is 17.1 Å². The fourth-order valence-corrected chi connectivity index (χ4v) is 3.28. The van der Waals surface area contributed by atoms with Gasteiger partial charge in [-0.3, -0.25) is 19.8 Å². The van der Waals surface area contributed by atoms with Crippen LogP contribution in [0.3, 0.4) is 0 Å². The van der Waals surface area contributed by atoms with Crippen molar-refractivity contribution in [2.75, 3.05) is 4.90 Å². The van der Waals surface area contributed by atoms with Crippen LogP contribution in [0, 0.1) is 13.8 Å². The van der Waals surface area contributed by atoms with Crippen LogP contribution in [0.5, 0.6) is 11.5 Å². The Morgan fingerprint density at radius 2 is 1.67 bits per heavy atom. The van der Waals surface area contributed by atoms with E-state index in [0.717, 1.165) is 11.3 Å². The molecule has 1 aromatic heterocycles. The SMILES string of the molecule is Cc1cc(C=C2C(=O)NC(=S)N(c3ccc(Oc4ccccc4)cc3)C2=O)oc1C. The Kier molecular flexibility index (Phi) is 5.20. The first-order chi connectivity index (χ1) is 14.4. The van der Waals surface area contributed by atoms with Crippen molar-refractivity contribution in [3.05, 3.63) is 83.3 Å². The zero-order chi connectivity index (χ0) is 21.3. The molecule has 1 aliphatic heterocycles. The summed E-state index contributed by atoms with van der Waals surface area (Å²) in [5.41, 5.74) is 1.40. The van der Waals surface area contributed by atoms with Crippen molar-refractivity contribution in [3.8, 4) is 11.5 Å². The number of amides is 2. The highest BCUT2D eigenvalue weighted by Gasteiger charge is 2.34. The Hall–Kier alpha value is -3.71.